The lowest BCUT2D eigenvalue weighted by Gasteiger charge is -2.37. The minimum absolute atomic E-state index is 0.0184. The van der Waals surface area contributed by atoms with E-state index in [1.54, 1.807) is 17.0 Å². The van der Waals surface area contributed by atoms with E-state index in [1.807, 2.05) is 43.3 Å². The van der Waals surface area contributed by atoms with E-state index < -0.39 is 0 Å². The minimum Gasteiger partial charge on any atom is -0.508 e. The molecule has 0 aromatic heterocycles. The highest BCUT2D eigenvalue weighted by molar-refractivity contribution is 6.01. The third-order valence-electron chi connectivity index (χ3n) is 3.59. The number of amides is 1. The largest absolute Gasteiger partial charge is 0.508 e. The average molecular weight is 268 g/mol. The number of phenolic OH excluding ortho intramolecular Hbond substituents is 1. The van der Waals surface area contributed by atoms with Crippen LogP contribution in [-0.4, -0.2) is 22.5 Å². The first-order chi connectivity index (χ1) is 9.72. The molecular weight excluding hydrogens is 252 g/mol. The Kier molecular flexibility index (Phi) is 3.06. The standard InChI is InChI=1S/C16H16N2O2/c1-2-18-15(12-8-4-6-10-14(12)19)17-13-9-5-3-7-11(13)16(18)20/h3-10,15,17,19H,2H2,1H3/t15-/m1/s1. The van der Waals surface area contributed by atoms with Gasteiger partial charge >= 0.3 is 0 Å². The molecule has 1 aliphatic heterocycles. The van der Waals surface area contributed by atoms with Crippen molar-refractivity contribution in [3.63, 3.8) is 0 Å². The lowest BCUT2D eigenvalue weighted by Crippen LogP contribution is -2.42. The van der Waals surface area contributed by atoms with E-state index in [9.17, 15) is 9.90 Å². The average Bonchev–Trinajstić information content (AvgIpc) is 2.48. The van der Waals surface area contributed by atoms with E-state index >= 15 is 0 Å². The van der Waals surface area contributed by atoms with Crippen LogP contribution in [0.15, 0.2) is 48.5 Å². The fraction of sp³-hybridized carbons (Fsp3) is 0.188. The predicted octanol–water partition coefficient (Wildman–Crippen LogP) is 2.98. The lowest BCUT2D eigenvalue weighted by atomic mass is 10.0. The number of carbonyl (C=O) groups excluding carboxylic acids is 1. The molecule has 1 atom stereocenters. The van der Waals surface area contributed by atoms with Gasteiger partial charge in [-0.05, 0) is 25.1 Å². The van der Waals surface area contributed by atoms with Crippen molar-refractivity contribution in [2.45, 2.75) is 13.1 Å². The third kappa shape index (κ3) is 1.90. The van der Waals surface area contributed by atoms with Crippen molar-refractivity contribution in [3.8, 4) is 5.75 Å². The summed E-state index contributed by atoms with van der Waals surface area (Å²) in [5.41, 5.74) is 2.17. The first-order valence-electron chi connectivity index (χ1n) is 6.66. The smallest absolute Gasteiger partial charge is 0.257 e. The van der Waals surface area contributed by atoms with Crippen LogP contribution >= 0.6 is 0 Å². The number of aromatic hydroxyl groups is 1. The quantitative estimate of drug-likeness (QED) is 0.880. The normalized spacial score (nSPS) is 17.6. The number of rotatable bonds is 2. The molecule has 0 spiro atoms. The summed E-state index contributed by atoms with van der Waals surface area (Å²) >= 11 is 0. The minimum atomic E-state index is -0.344. The van der Waals surface area contributed by atoms with E-state index in [4.69, 9.17) is 0 Å². The van der Waals surface area contributed by atoms with Gasteiger partial charge in [-0.2, -0.15) is 0 Å². The second-order valence-electron chi connectivity index (χ2n) is 4.74. The molecule has 0 aliphatic carbocycles. The second-order valence-corrected chi connectivity index (χ2v) is 4.74. The van der Waals surface area contributed by atoms with Crippen molar-refractivity contribution in [1.29, 1.82) is 0 Å². The summed E-state index contributed by atoms with van der Waals surface area (Å²) in [6, 6.07) is 14.5. The van der Waals surface area contributed by atoms with Gasteiger partial charge in [0.15, 0.2) is 0 Å². The Labute approximate surface area is 117 Å². The van der Waals surface area contributed by atoms with Crippen molar-refractivity contribution in [2.75, 3.05) is 11.9 Å². The topological polar surface area (TPSA) is 52.6 Å². The second kappa shape index (κ2) is 4.89. The van der Waals surface area contributed by atoms with Gasteiger partial charge in [0, 0.05) is 17.8 Å². The van der Waals surface area contributed by atoms with Gasteiger partial charge in [0.1, 0.15) is 11.9 Å². The molecule has 0 radical (unpaired) electrons. The SMILES string of the molecule is CCN1C(=O)c2ccccc2N[C@H]1c1ccccc1O. The molecule has 2 aromatic carbocycles. The summed E-state index contributed by atoms with van der Waals surface area (Å²) in [4.78, 5) is 14.3. The zero-order valence-electron chi connectivity index (χ0n) is 11.2. The first kappa shape index (κ1) is 12.5. The number of nitrogens with zero attached hydrogens (tertiary/aromatic N) is 1. The first-order valence-corrected chi connectivity index (χ1v) is 6.66. The van der Waals surface area contributed by atoms with Crippen LogP contribution in [0.4, 0.5) is 5.69 Å². The van der Waals surface area contributed by atoms with Crippen LogP contribution in [0.3, 0.4) is 0 Å². The van der Waals surface area contributed by atoms with Crippen LogP contribution in [0.2, 0.25) is 0 Å². The fourth-order valence-corrected chi connectivity index (χ4v) is 2.58. The number of nitrogens with one attached hydrogen (secondary N) is 1. The van der Waals surface area contributed by atoms with Crippen LogP contribution in [0.1, 0.15) is 29.0 Å². The fourth-order valence-electron chi connectivity index (χ4n) is 2.58. The van der Waals surface area contributed by atoms with Crippen molar-refractivity contribution in [2.24, 2.45) is 0 Å². The third-order valence-corrected chi connectivity index (χ3v) is 3.59. The molecule has 0 bridgehead atoms. The number of fused-ring (bicyclic) bond motifs is 1. The predicted molar refractivity (Wildman–Crippen MR) is 77.6 cm³/mol. The Morgan fingerprint density at radius 1 is 1.15 bits per heavy atom. The van der Waals surface area contributed by atoms with Crippen LogP contribution in [0.5, 0.6) is 5.75 Å². The van der Waals surface area contributed by atoms with E-state index in [0.717, 1.165) is 5.69 Å². The van der Waals surface area contributed by atoms with Crippen LogP contribution in [0.25, 0.3) is 0 Å². The molecular formula is C16H16N2O2. The van der Waals surface area contributed by atoms with Gasteiger partial charge in [-0.25, -0.2) is 0 Å². The maximum atomic E-state index is 12.5. The molecule has 2 N–H and O–H groups in total. The van der Waals surface area contributed by atoms with Gasteiger partial charge in [-0.3, -0.25) is 4.79 Å². The van der Waals surface area contributed by atoms with E-state index in [0.29, 0.717) is 17.7 Å². The molecule has 1 aliphatic rings. The summed E-state index contributed by atoms with van der Waals surface area (Å²) in [5, 5.41) is 13.4. The molecule has 0 saturated carbocycles. The number of carbonyl (C=O) groups is 1. The van der Waals surface area contributed by atoms with Gasteiger partial charge in [0.25, 0.3) is 5.91 Å². The summed E-state index contributed by atoms with van der Waals surface area (Å²) in [5.74, 6) is 0.172. The molecule has 102 valence electrons. The van der Waals surface area contributed by atoms with Crippen molar-refractivity contribution < 1.29 is 9.90 Å². The number of phenols is 1. The molecule has 4 heteroatoms. The Bertz CT molecular complexity index is 654. The molecule has 2 aromatic rings. The Morgan fingerprint density at radius 3 is 2.60 bits per heavy atom. The highest BCUT2D eigenvalue weighted by Gasteiger charge is 2.32. The van der Waals surface area contributed by atoms with E-state index in [-0.39, 0.29) is 17.8 Å². The number of hydrogen-bond donors (Lipinski definition) is 2. The molecule has 20 heavy (non-hydrogen) atoms. The maximum absolute atomic E-state index is 12.5. The van der Waals surface area contributed by atoms with E-state index in [1.165, 1.54) is 0 Å². The van der Waals surface area contributed by atoms with Crippen molar-refractivity contribution in [1.82, 2.24) is 4.90 Å². The van der Waals surface area contributed by atoms with Gasteiger partial charge in [0.2, 0.25) is 0 Å². The molecule has 1 heterocycles. The highest BCUT2D eigenvalue weighted by atomic mass is 16.3. The molecule has 0 saturated heterocycles. The summed E-state index contributed by atoms with van der Waals surface area (Å²) in [6.45, 7) is 2.50. The number of anilines is 1. The Morgan fingerprint density at radius 2 is 1.85 bits per heavy atom. The zero-order chi connectivity index (χ0) is 14.1. The van der Waals surface area contributed by atoms with Crippen molar-refractivity contribution in [3.05, 3.63) is 59.7 Å². The summed E-state index contributed by atoms with van der Waals surface area (Å²) in [6.07, 6.45) is -0.344. The van der Waals surface area contributed by atoms with Crippen LogP contribution in [0, 0.1) is 0 Å². The van der Waals surface area contributed by atoms with Gasteiger partial charge < -0.3 is 15.3 Å². The maximum Gasteiger partial charge on any atom is 0.257 e. The number of para-hydroxylation sites is 2. The van der Waals surface area contributed by atoms with Gasteiger partial charge in [-0.15, -0.1) is 0 Å². The van der Waals surface area contributed by atoms with E-state index in [2.05, 4.69) is 5.32 Å². The molecule has 3 rings (SSSR count). The molecule has 1 amide bonds. The zero-order valence-corrected chi connectivity index (χ0v) is 11.2. The molecule has 0 unspecified atom stereocenters. The monoisotopic (exact) mass is 268 g/mol. The highest BCUT2D eigenvalue weighted by Crippen LogP contribution is 2.35. The van der Waals surface area contributed by atoms with Crippen LogP contribution in [-0.2, 0) is 0 Å². The summed E-state index contributed by atoms with van der Waals surface area (Å²) < 4.78 is 0. The number of benzene rings is 2. The summed E-state index contributed by atoms with van der Waals surface area (Å²) in [7, 11) is 0. The van der Waals surface area contributed by atoms with Crippen molar-refractivity contribution >= 4 is 11.6 Å². The Balaban J connectivity index is 2.09. The molecule has 4 nitrogen and oxygen atoms in total. The molecule has 0 fully saturated rings. The lowest BCUT2D eigenvalue weighted by molar-refractivity contribution is 0.0693. The van der Waals surface area contributed by atoms with Gasteiger partial charge in [0.05, 0.1) is 5.56 Å². The van der Waals surface area contributed by atoms with Crippen LogP contribution < -0.4 is 5.32 Å². The van der Waals surface area contributed by atoms with Gasteiger partial charge in [-0.1, -0.05) is 30.3 Å². The number of hydrogen-bond acceptors (Lipinski definition) is 3. The Hall–Kier alpha value is -2.49.